The first kappa shape index (κ1) is 19.0. The second-order valence-electron chi connectivity index (χ2n) is 5.26. The Labute approximate surface area is 152 Å². The molecular formula is C19H23NO4S. The van der Waals surface area contributed by atoms with Crippen molar-refractivity contribution in [1.29, 1.82) is 0 Å². The largest absolute Gasteiger partial charge is 0.494 e. The molecule has 2 rings (SSSR count). The quantitative estimate of drug-likeness (QED) is 0.716. The number of aryl methyl sites for hydroxylation is 1. The topological polar surface area (TPSA) is 56.8 Å². The molecule has 0 saturated carbocycles. The summed E-state index contributed by atoms with van der Waals surface area (Å²) >= 11 is 1.47. The van der Waals surface area contributed by atoms with Gasteiger partial charge in [0.05, 0.1) is 26.6 Å². The van der Waals surface area contributed by atoms with Gasteiger partial charge in [0.2, 0.25) is 5.91 Å². The summed E-state index contributed by atoms with van der Waals surface area (Å²) in [5.74, 6) is 2.30. The van der Waals surface area contributed by atoms with E-state index in [-0.39, 0.29) is 5.91 Å². The third-order valence-electron chi connectivity index (χ3n) is 3.51. The number of methoxy groups -OCH3 is 2. The zero-order valence-corrected chi connectivity index (χ0v) is 15.7. The van der Waals surface area contributed by atoms with Crippen LogP contribution in [0.25, 0.3) is 0 Å². The summed E-state index contributed by atoms with van der Waals surface area (Å²) < 4.78 is 15.9. The van der Waals surface area contributed by atoms with Crippen LogP contribution in [0.15, 0.2) is 41.3 Å². The summed E-state index contributed by atoms with van der Waals surface area (Å²) in [5.41, 5.74) is 1.63. The molecule has 0 aliphatic heterocycles. The SMILES string of the molecule is CCOc1ccc(SCC(=O)Nc2cc(OC)c(OC)cc2C)cc1. The fraction of sp³-hybridized carbons (Fsp3) is 0.316. The lowest BCUT2D eigenvalue weighted by Gasteiger charge is -2.13. The maximum absolute atomic E-state index is 12.2. The van der Waals surface area contributed by atoms with Crippen molar-refractivity contribution >= 4 is 23.4 Å². The van der Waals surface area contributed by atoms with Gasteiger partial charge in [-0.15, -0.1) is 11.8 Å². The van der Waals surface area contributed by atoms with Gasteiger partial charge in [0.25, 0.3) is 0 Å². The Hall–Kier alpha value is -2.34. The van der Waals surface area contributed by atoms with Crippen molar-refractivity contribution in [2.75, 3.05) is 31.9 Å². The molecule has 2 aromatic rings. The highest BCUT2D eigenvalue weighted by Crippen LogP contribution is 2.33. The zero-order chi connectivity index (χ0) is 18.2. The van der Waals surface area contributed by atoms with Crippen molar-refractivity contribution in [3.05, 3.63) is 42.0 Å². The first-order chi connectivity index (χ1) is 12.1. The molecule has 0 heterocycles. The summed E-state index contributed by atoms with van der Waals surface area (Å²) in [6.45, 7) is 4.50. The van der Waals surface area contributed by atoms with Gasteiger partial charge in [0.1, 0.15) is 5.75 Å². The van der Waals surface area contributed by atoms with E-state index in [0.29, 0.717) is 23.9 Å². The van der Waals surface area contributed by atoms with E-state index in [2.05, 4.69) is 5.32 Å². The fourth-order valence-corrected chi connectivity index (χ4v) is 2.95. The number of thioether (sulfide) groups is 1. The van der Waals surface area contributed by atoms with E-state index in [1.807, 2.05) is 44.2 Å². The van der Waals surface area contributed by atoms with Crippen molar-refractivity contribution in [3.8, 4) is 17.2 Å². The number of rotatable bonds is 8. The van der Waals surface area contributed by atoms with Crippen LogP contribution in [0.2, 0.25) is 0 Å². The number of ether oxygens (including phenoxy) is 3. The molecule has 0 atom stereocenters. The van der Waals surface area contributed by atoms with Crippen LogP contribution in [0.3, 0.4) is 0 Å². The summed E-state index contributed by atoms with van der Waals surface area (Å²) in [6, 6.07) is 11.3. The number of benzene rings is 2. The lowest BCUT2D eigenvalue weighted by Crippen LogP contribution is -2.15. The minimum Gasteiger partial charge on any atom is -0.494 e. The molecule has 5 nitrogen and oxygen atoms in total. The molecule has 0 bridgehead atoms. The highest BCUT2D eigenvalue weighted by molar-refractivity contribution is 8.00. The molecule has 1 N–H and O–H groups in total. The van der Waals surface area contributed by atoms with Crippen LogP contribution in [0.1, 0.15) is 12.5 Å². The highest BCUT2D eigenvalue weighted by Gasteiger charge is 2.11. The van der Waals surface area contributed by atoms with Crippen molar-refractivity contribution in [3.63, 3.8) is 0 Å². The van der Waals surface area contributed by atoms with Crippen molar-refractivity contribution in [2.45, 2.75) is 18.7 Å². The first-order valence-electron chi connectivity index (χ1n) is 7.95. The number of anilines is 1. The molecule has 25 heavy (non-hydrogen) atoms. The molecule has 0 saturated heterocycles. The van der Waals surface area contributed by atoms with Gasteiger partial charge in [-0.2, -0.15) is 0 Å². The molecule has 0 fully saturated rings. The number of hydrogen-bond acceptors (Lipinski definition) is 5. The predicted molar refractivity (Wildman–Crippen MR) is 101 cm³/mol. The average Bonchev–Trinajstić information content (AvgIpc) is 2.62. The van der Waals surface area contributed by atoms with E-state index in [0.717, 1.165) is 21.9 Å². The van der Waals surface area contributed by atoms with Crippen molar-refractivity contribution in [2.24, 2.45) is 0 Å². The van der Waals surface area contributed by atoms with Crippen LogP contribution in [0.5, 0.6) is 17.2 Å². The molecule has 0 radical (unpaired) electrons. The molecule has 0 aromatic heterocycles. The van der Waals surface area contributed by atoms with Crippen LogP contribution in [0.4, 0.5) is 5.69 Å². The van der Waals surface area contributed by atoms with Crippen LogP contribution >= 0.6 is 11.8 Å². The number of carbonyl (C=O) groups excluding carboxylic acids is 1. The van der Waals surface area contributed by atoms with Crippen LogP contribution in [0, 0.1) is 6.92 Å². The third-order valence-corrected chi connectivity index (χ3v) is 4.52. The molecule has 0 spiro atoms. The summed E-state index contributed by atoms with van der Waals surface area (Å²) in [7, 11) is 3.16. The van der Waals surface area contributed by atoms with Gasteiger partial charge in [-0.05, 0) is 49.7 Å². The molecular weight excluding hydrogens is 338 g/mol. The molecule has 0 aliphatic carbocycles. The molecule has 134 valence electrons. The van der Waals surface area contributed by atoms with Gasteiger partial charge in [-0.1, -0.05) is 0 Å². The first-order valence-corrected chi connectivity index (χ1v) is 8.94. The van der Waals surface area contributed by atoms with E-state index in [4.69, 9.17) is 14.2 Å². The second-order valence-corrected chi connectivity index (χ2v) is 6.31. The number of nitrogens with one attached hydrogen (secondary N) is 1. The zero-order valence-electron chi connectivity index (χ0n) is 14.9. The minimum absolute atomic E-state index is 0.0748. The second kappa shape index (κ2) is 9.22. The maximum atomic E-state index is 12.2. The average molecular weight is 361 g/mol. The van der Waals surface area contributed by atoms with E-state index >= 15 is 0 Å². The Balaban J connectivity index is 1.96. The van der Waals surface area contributed by atoms with E-state index in [9.17, 15) is 4.79 Å². The number of hydrogen-bond donors (Lipinski definition) is 1. The number of amides is 1. The van der Waals surface area contributed by atoms with Gasteiger partial charge in [-0.25, -0.2) is 0 Å². The Morgan fingerprint density at radius 3 is 2.32 bits per heavy atom. The van der Waals surface area contributed by atoms with Crippen LogP contribution in [-0.2, 0) is 4.79 Å². The Morgan fingerprint density at radius 1 is 1.08 bits per heavy atom. The predicted octanol–water partition coefficient (Wildman–Crippen LogP) is 4.14. The maximum Gasteiger partial charge on any atom is 0.234 e. The monoisotopic (exact) mass is 361 g/mol. The molecule has 0 aliphatic rings. The standard InChI is InChI=1S/C19H23NO4S/c1-5-24-14-6-8-15(9-7-14)25-12-19(21)20-16-11-18(23-4)17(22-3)10-13(16)2/h6-11H,5,12H2,1-4H3,(H,20,21). The van der Waals surface area contributed by atoms with Crippen molar-refractivity contribution in [1.82, 2.24) is 0 Å². The van der Waals surface area contributed by atoms with Crippen molar-refractivity contribution < 1.29 is 19.0 Å². The van der Waals surface area contributed by atoms with Crippen LogP contribution in [-0.4, -0.2) is 32.5 Å². The van der Waals surface area contributed by atoms with E-state index in [1.54, 1.807) is 20.3 Å². The van der Waals surface area contributed by atoms with Crippen LogP contribution < -0.4 is 19.5 Å². The number of carbonyl (C=O) groups is 1. The minimum atomic E-state index is -0.0748. The lowest BCUT2D eigenvalue weighted by molar-refractivity contribution is -0.113. The molecule has 2 aromatic carbocycles. The highest BCUT2D eigenvalue weighted by atomic mass is 32.2. The molecule has 1 amide bonds. The normalized spacial score (nSPS) is 10.2. The summed E-state index contributed by atoms with van der Waals surface area (Å²) in [6.07, 6.45) is 0. The van der Waals surface area contributed by atoms with Gasteiger partial charge < -0.3 is 19.5 Å². The third kappa shape index (κ3) is 5.32. The Morgan fingerprint density at radius 2 is 1.72 bits per heavy atom. The molecule has 0 unspecified atom stereocenters. The van der Waals surface area contributed by atoms with Gasteiger partial charge >= 0.3 is 0 Å². The fourth-order valence-electron chi connectivity index (χ4n) is 2.25. The Bertz CT molecular complexity index is 716. The Kier molecular flexibility index (Phi) is 7.01. The summed E-state index contributed by atoms with van der Waals surface area (Å²) in [5, 5.41) is 2.92. The van der Waals surface area contributed by atoms with E-state index < -0.39 is 0 Å². The van der Waals surface area contributed by atoms with E-state index in [1.165, 1.54) is 11.8 Å². The molecule has 6 heteroatoms. The summed E-state index contributed by atoms with van der Waals surface area (Å²) in [4.78, 5) is 13.2. The van der Waals surface area contributed by atoms with Gasteiger partial charge in [0.15, 0.2) is 11.5 Å². The lowest BCUT2D eigenvalue weighted by atomic mass is 10.1. The van der Waals surface area contributed by atoms with Gasteiger partial charge in [0, 0.05) is 16.6 Å². The smallest absolute Gasteiger partial charge is 0.234 e. The van der Waals surface area contributed by atoms with Gasteiger partial charge in [-0.3, -0.25) is 4.79 Å².